The van der Waals surface area contributed by atoms with E-state index in [-0.39, 0.29) is 24.5 Å². The summed E-state index contributed by atoms with van der Waals surface area (Å²) in [6.07, 6.45) is 1.52. The van der Waals surface area contributed by atoms with Crippen LogP contribution in [0.1, 0.15) is 28.8 Å². The van der Waals surface area contributed by atoms with Crippen LogP contribution in [0.25, 0.3) is 0 Å². The number of nitrogens with one attached hydrogen (secondary N) is 1. The first-order chi connectivity index (χ1) is 12.6. The lowest BCUT2D eigenvalue weighted by atomic mass is 10.0. The van der Waals surface area contributed by atoms with Crippen molar-refractivity contribution >= 4 is 11.8 Å². The molecule has 1 heterocycles. The van der Waals surface area contributed by atoms with Crippen LogP contribution in [0.2, 0.25) is 0 Å². The summed E-state index contributed by atoms with van der Waals surface area (Å²) in [5.74, 6) is 0.640. The minimum atomic E-state index is -0.0573. The number of rotatable bonds is 5. The third-order valence-corrected chi connectivity index (χ3v) is 4.57. The van der Waals surface area contributed by atoms with Crippen LogP contribution in [-0.4, -0.2) is 42.5 Å². The molecule has 0 radical (unpaired) electrons. The lowest BCUT2D eigenvalue weighted by Crippen LogP contribution is -2.47. The van der Waals surface area contributed by atoms with Crippen LogP contribution in [-0.2, 0) is 4.79 Å². The highest BCUT2D eigenvalue weighted by atomic mass is 16.5. The number of carbonyl (C=O) groups is 2. The molecule has 0 aliphatic carbocycles. The van der Waals surface area contributed by atoms with Gasteiger partial charge in [0.2, 0.25) is 0 Å². The van der Waals surface area contributed by atoms with E-state index in [9.17, 15) is 9.59 Å². The minimum Gasteiger partial charge on any atom is -0.484 e. The van der Waals surface area contributed by atoms with Crippen LogP contribution in [0.15, 0.2) is 54.6 Å². The molecule has 1 N–H and O–H groups in total. The first-order valence-corrected chi connectivity index (χ1v) is 8.95. The predicted molar refractivity (Wildman–Crippen MR) is 100 cm³/mol. The number of hydrogen-bond donors (Lipinski definition) is 1. The molecule has 0 saturated carbocycles. The molecule has 5 heteroatoms. The number of carbonyl (C=O) groups excluding carboxylic acids is 2. The molecule has 26 heavy (non-hydrogen) atoms. The lowest BCUT2D eigenvalue weighted by molar-refractivity contribution is -0.134. The van der Waals surface area contributed by atoms with Gasteiger partial charge in [0.1, 0.15) is 5.75 Å². The van der Waals surface area contributed by atoms with E-state index < -0.39 is 0 Å². The van der Waals surface area contributed by atoms with E-state index in [4.69, 9.17) is 4.74 Å². The van der Waals surface area contributed by atoms with Crippen molar-refractivity contribution < 1.29 is 14.3 Å². The van der Waals surface area contributed by atoms with E-state index >= 15 is 0 Å². The largest absolute Gasteiger partial charge is 0.484 e. The molecular formula is C21H24N2O3. The van der Waals surface area contributed by atoms with E-state index in [1.807, 2.05) is 49.4 Å². The normalized spacial score (nSPS) is 14.7. The van der Waals surface area contributed by atoms with E-state index in [1.165, 1.54) is 0 Å². The second-order valence-corrected chi connectivity index (χ2v) is 6.60. The molecule has 1 saturated heterocycles. The first kappa shape index (κ1) is 18.0. The number of ether oxygens (including phenoxy) is 1. The molecule has 136 valence electrons. The van der Waals surface area contributed by atoms with Crippen LogP contribution < -0.4 is 10.1 Å². The molecule has 1 aliphatic heterocycles. The van der Waals surface area contributed by atoms with Crippen LogP contribution in [0.3, 0.4) is 0 Å². The standard InChI is InChI=1S/C21H24N2O3/c1-16-6-5-9-19(14-16)26-15-20(24)23-12-10-18(11-13-23)22-21(25)17-7-3-2-4-8-17/h2-9,14,18H,10-13,15H2,1H3,(H,22,25). The Hall–Kier alpha value is -2.82. The van der Waals surface area contributed by atoms with Gasteiger partial charge in [-0.15, -0.1) is 0 Å². The number of aryl methyl sites for hydroxylation is 1. The van der Waals surface area contributed by atoms with Crippen molar-refractivity contribution in [3.63, 3.8) is 0 Å². The summed E-state index contributed by atoms with van der Waals surface area (Å²) in [4.78, 5) is 26.3. The van der Waals surface area contributed by atoms with Crippen molar-refractivity contribution in [2.45, 2.75) is 25.8 Å². The molecule has 0 unspecified atom stereocenters. The summed E-state index contributed by atoms with van der Waals surface area (Å²) in [5.41, 5.74) is 1.77. The molecule has 1 fully saturated rings. The maximum atomic E-state index is 12.3. The summed E-state index contributed by atoms with van der Waals surface area (Å²) >= 11 is 0. The first-order valence-electron chi connectivity index (χ1n) is 8.95. The molecule has 0 bridgehead atoms. The van der Waals surface area contributed by atoms with Gasteiger partial charge in [0.15, 0.2) is 6.61 Å². The van der Waals surface area contributed by atoms with Crippen molar-refractivity contribution in [1.82, 2.24) is 10.2 Å². The Labute approximate surface area is 154 Å². The van der Waals surface area contributed by atoms with Crippen LogP contribution >= 0.6 is 0 Å². The molecule has 1 aliphatic rings. The van der Waals surface area contributed by atoms with Crippen LogP contribution in [0, 0.1) is 6.92 Å². The number of piperidine rings is 1. The fourth-order valence-electron chi connectivity index (χ4n) is 3.07. The van der Waals surface area contributed by atoms with Crippen LogP contribution in [0.4, 0.5) is 0 Å². The van der Waals surface area contributed by atoms with Gasteiger partial charge in [-0.2, -0.15) is 0 Å². The Morgan fingerprint density at radius 1 is 1.08 bits per heavy atom. The van der Waals surface area contributed by atoms with E-state index in [0.29, 0.717) is 24.4 Å². The zero-order chi connectivity index (χ0) is 18.4. The van der Waals surface area contributed by atoms with Crippen molar-refractivity contribution in [1.29, 1.82) is 0 Å². The Kier molecular flexibility index (Phi) is 5.89. The number of hydrogen-bond acceptors (Lipinski definition) is 3. The van der Waals surface area contributed by atoms with Gasteiger partial charge in [0.25, 0.3) is 11.8 Å². The molecule has 0 spiro atoms. The highest BCUT2D eigenvalue weighted by Crippen LogP contribution is 2.14. The summed E-state index contributed by atoms with van der Waals surface area (Å²) in [6.45, 7) is 3.30. The third kappa shape index (κ3) is 4.85. The fraction of sp³-hybridized carbons (Fsp3) is 0.333. The van der Waals surface area contributed by atoms with E-state index in [0.717, 1.165) is 18.4 Å². The average Bonchev–Trinajstić information content (AvgIpc) is 2.67. The smallest absolute Gasteiger partial charge is 0.260 e. The van der Waals surface area contributed by atoms with E-state index in [1.54, 1.807) is 17.0 Å². The van der Waals surface area contributed by atoms with Gasteiger partial charge in [0.05, 0.1) is 0 Å². The molecule has 0 atom stereocenters. The van der Waals surface area contributed by atoms with Gasteiger partial charge in [-0.25, -0.2) is 0 Å². The SMILES string of the molecule is Cc1cccc(OCC(=O)N2CCC(NC(=O)c3ccccc3)CC2)c1. The van der Waals surface area contributed by atoms with E-state index in [2.05, 4.69) is 5.32 Å². The quantitative estimate of drug-likeness (QED) is 0.900. The highest BCUT2D eigenvalue weighted by molar-refractivity contribution is 5.94. The second-order valence-electron chi connectivity index (χ2n) is 6.60. The Balaban J connectivity index is 1.43. The zero-order valence-electron chi connectivity index (χ0n) is 15.0. The van der Waals surface area contributed by atoms with Crippen molar-refractivity contribution in [3.05, 3.63) is 65.7 Å². The van der Waals surface area contributed by atoms with Crippen LogP contribution in [0.5, 0.6) is 5.75 Å². The average molecular weight is 352 g/mol. The third-order valence-electron chi connectivity index (χ3n) is 4.57. The zero-order valence-corrected chi connectivity index (χ0v) is 15.0. The maximum absolute atomic E-state index is 12.3. The molecular weight excluding hydrogens is 328 g/mol. The predicted octanol–water partition coefficient (Wildman–Crippen LogP) is 2.79. The Morgan fingerprint density at radius 3 is 2.50 bits per heavy atom. The summed E-state index contributed by atoms with van der Waals surface area (Å²) in [5, 5.41) is 3.05. The molecule has 2 amide bonds. The number of benzene rings is 2. The molecule has 3 rings (SSSR count). The molecule has 2 aromatic rings. The topological polar surface area (TPSA) is 58.6 Å². The number of likely N-dealkylation sites (tertiary alicyclic amines) is 1. The summed E-state index contributed by atoms with van der Waals surface area (Å²) in [6, 6.07) is 17.0. The Bertz CT molecular complexity index is 753. The van der Waals surface area contributed by atoms with Crippen molar-refractivity contribution in [3.8, 4) is 5.75 Å². The Morgan fingerprint density at radius 2 is 1.81 bits per heavy atom. The second kappa shape index (κ2) is 8.52. The van der Waals surface area contributed by atoms with Gasteiger partial charge in [-0.05, 0) is 49.6 Å². The van der Waals surface area contributed by atoms with Gasteiger partial charge in [-0.3, -0.25) is 9.59 Å². The fourth-order valence-corrected chi connectivity index (χ4v) is 3.07. The van der Waals surface area contributed by atoms with Crippen molar-refractivity contribution in [2.24, 2.45) is 0 Å². The molecule has 0 aromatic heterocycles. The van der Waals surface area contributed by atoms with Gasteiger partial charge >= 0.3 is 0 Å². The summed E-state index contributed by atoms with van der Waals surface area (Å²) < 4.78 is 5.59. The van der Waals surface area contributed by atoms with Gasteiger partial charge in [-0.1, -0.05) is 30.3 Å². The van der Waals surface area contributed by atoms with Gasteiger partial charge in [0, 0.05) is 24.7 Å². The monoisotopic (exact) mass is 352 g/mol. The number of amides is 2. The molecule has 2 aromatic carbocycles. The molecule has 5 nitrogen and oxygen atoms in total. The maximum Gasteiger partial charge on any atom is 0.260 e. The number of nitrogens with zero attached hydrogens (tertiary/aromatic N) is 1. The highest BCUT2D eigenvalue weighted by Gasteiger charge is 2.24. The van der Waals surface area contributed by atoms with Crippen molar-refractivity contribution in [2.75, 3.05) is 19.7 Å². The summed E-state index contributed by atoms with van der Waals surface area (Å²) in [7, 11) is 0. The lowest BCUT2D eigenvalue weighted by Gasteiger charge is -2.32. The van der Waals surface area contributed by atoms with Gasteiger partial charge < -0.3 is 15.0 Å². The minimum absolute atomic E-state index is 0.0145.